The number of morpholine rings is 1. The van der Waals surface area contributed by atoms with Crippen LogP contribution in [0.3, 0.4) is 0 Å². The molecule has 0 radical (unpaired) electrons. The summed E-state index contributed by atoms with van der Waals surface area (Å²) in [5, 5.41) is 2.85. The molecule has 8 heteroatoms. The zero-order chi connectivity index (χ0) is 20.7. The van der Waals surface area contributed by atoms with Crippen LogP contribution in [0.2, 0.25) is 0 Å². The molecule has 28 heavy (non-hydrogen) atoms. The van der Waals surface area contributed by atoms with Crippen LogP contribution in [0.5, 0.6) is 0 Å². The van der Waals surface area contributed by atoms with Crippen LogP contribution in [0, 0.1) is 0 Å². The highest BCUT2D eigenvalue weighted by Crippen LogP contribution is 2.22. The van der Waals surface area contributed by atoms with Crippen molar-refractivity contribution in [3.05, 3.63) is 24.3 Å². The summed E-state index contributed by atoms with van der Waals surface area (Å²) in [7, 11) is -3.57. The molecular formula is C20H33N3O4S. The average Bonchev–Trinajstić information content (AvgIpc) is 2.61. The van der Waals surface area contributed by atoms with E-state index >= 15 is 0 Å². The zero-order valence-corrected chi connectivity index (χ0v) is 18.2. The van der Waals surface area contributed by atoms with Gasteiger partial charge in [0.2, 0.25) is 15.9 Å². The second-order valence-corrected chi connectivity index (χ2v) is 9.37. The average molecular weight is 412 g/mol. The van der Waals surface area contributed by atoms with Gasteiger partial charge in [0.05, 0.1) is 23.6 Å². The Morgan fingerprint density at radius 1 is 1.11 bits per heavy atom. The highest BCUT2D eigenvalue weighted by atomic mass is 32.2. The molecule has 1 aromatic carbocycles. The second kappa shape index (κ2) is 10.3. The largest absolute Gasteiger partial charge is 0.373 e. The normalized spacial score (nSPS) is 21.0. The van der Waals surface area contributed by atoms with Crippen molar-refractivity contribution in [1.82, 2.24) is 9.21 Å². The van der Waals surface area contributed by atoms with Crippen molar-refractivity contribution in [2.24, 2.45) is 0 Å². The van der Waals surface area contributed by atoms with E-state index in [4.69, 9.17) is 4.74 Å². The number of hydrogen-bond donors (Lipinski definition) is 1. The number of rotatable bonds is 9. The fourth-order valence-electron chi connectivity index (χ4n) is 3.49. The smallest absolute Gasteiger partial charge is 0.243 e. The Hall–Kier alpha value is -1.48. The van der Waals surface area contributed by atoms with Crippen molar-refractivity contribution < 1.29 is 17.9 Å². The molecule has 0 unspecified atom stereocenters. The standard InChI is InChI=1S/C20H33N3O4S/c1-5-11-22(12-6-2)15-20(24)21-18-7-9-19(10-8-18)28(25,26)23-13-16(3)27-17(4)14-23/h7-10,16-17H,5-6,11-15H2,1-4H3,(H,21,24)/t16-,17+. The lowest BCUT2D eigenvalue weighted by Gasteiger charge is -2.34. The number of carbonyl (C=O) groups is 1. The first-order chi connectivity index (χ1) is 13.3. The number of benzene rings is 1. The van der Waals surface area contributed by atoms with Crippen molar-refractivity contribution in [2.45, 2.75) is 57.6 Å². The lowest BCUT2D eigenvalue weighted by molar-refractivity contribution is -0.117. The van der Waals surface area contributed by atoms with Gasteiger partial charge in [-0.1, -0.05) is 13.8 Å². The Balaban J connectivity index is 2.01. The Morgan fingerprint density at radius 2 is 1.64 bits per heavy atom. The van der Waals surface area contributed by atoms with Crippen LogP contribution < -0.4 is 5.32 Å². The summed E-state index contributed by atoms with van der Waals surface area (Å²) in [6.07, 6.45) is 1.73. The van der Waals surface area contributed by atoms with Gasteiger partial charge in [-0.2, -0.15) is 4.31 Å². The van der Waals surface area contributed by atoms with Crippen LogP contribution in [0.15, 0.2) is 29.2 Å². The molecule has 1 heterocycles. The summed E-state index contributed by atoms with van der Waals surface area (Å²) in [6.45, 7) is 10.7. The van der Waals surface area contributed by atoms with E-state index in [1.165, 1.54) is 4.31 Å². The summed E-state index contributed by atoms with van der Waals surface area (Å²) < 4.78 is 32.8. The maximum atomic E-state index is 12.9. The second-order valence-electron chi connectivity index (χ2n) is 7.43. The molecule has 2 rings (SSSR count). The summed E-state index contributed by atoms with van der Waals surface area (Å²) in [4.78, 5) is 14.6. The van der Waals surface area contributed by atoms with Crippen LogP contribution in [0.1, 0.15) is 40.5 Å². The quantitative estimate of drug-likeness (QED) is 0.676. The molecule has 1 fully saturated rings. The van der Waals surface area contributed by atoms with E-state index in [1.54, 1.807) is 24.3 Å². The number of amides is 1. The van der Waals surface area contributed by atoms with Crippen molar-refractivity contribution in [3.8, 4) is 0 Å². The lowest BCUT2D eigenvalue weighted by atomic mass is 10.3. The Kier molecular flexibility index (Phi) is 8.42. The molecule has 1 amide bonds. The Labute approximate surface area is 169 Å². The van der Waals surface area contributed by atoms with Crippen LogP contribution >= 0.6 is 0 Å². The molecule has 0 saturated carbocycles. The first kappa shape index (κ1) is 22.8. The van der Waals surface area contributed by atoms with Crippen molar-refractivity contribution in [1.29, 1.82) is 0 Å². The fraction of sp³-hybridized carbons (Fsp3) is 0.650. The van der Waals surface area contributed by atoms with E-state index in [0.717, 1.165) is 25.9 Å². The highest BCUT2D eigenvalue weighted by Gasteiger charge is 2.32. The minimum absolute atomic E-state index is 0.0895. The van der Waals surface area contributed by atoms with E-state index in [-0.39, 0.29) is 23.0 Å². The summed E-state index contributed by atoms with van der Waals surface area (Å²) in [5.74, 6) is -0.0895. The van der Waals surface area contributed by atoms with E-state index < -0.39 is 10.0 Å². The lowest BCUT2D eigenvalue weighted by Crippen LogP contribution is -2.48. The van der Waals surface area contributed by atoms with Crippen LogP contribution in [-0.4, -0.2) is 68.5 Å². The monoisotopic (exact) mass is 411 g/mol. The summed E-state index contributed by atoms with van der Waals surface area (Å²) >= 11 is 0. The number of nitrogens with zero attached hydrogens (tertiary/aromatic N) is 2. The number of hydrogen-bond acceptors (Lipinski definition) is 5. The Morgan fingerprint density at radius 3 is 2.14 bits per heavy atom. The predicted molar refractivity (Wildman–Crippen MR) is 111 cm³/mol. The molecule has 0 aromatic heterocycles. The molecular weight excluding hydrogens is 378 g/mol. The molecule has 0 spiro atoms. The molecule has 158 valence electrons. The number of nitrogens with one attached hydrogen (secondary N) is 1. The molecule has 1 aromatic rings. The fourth-order valence-corrected chi connectivity index (χ4v) is 5.08. The molecule has 0 bridgehead atoms. The van der Waals surface area contributed by atoms with Crippen molar-refractivity contribution in [2.75, 3.05) is 38.0 Å². The van der Waals surface area contributed by atoms with E-state index in [0.29, 0.717) is 25.3 Å². The van der Waals surface area contributed by atoms with Gasteiger partial charge in [0, 0.05) is 18.8 Å². The van der Waals surface area contributed by atoms with Crippen LogP contribution in [0.25, 0.3) is 0 Å². The van der Waals surface area contributed by atoms with Gasteiger partial charge in [-0.15, -0.1) is 0 Å². The minimum atomic E-state index is -3.57. The maximum absolute atomic E-state index is 12.9. The zero-order valence-electron chi connectivity index (χ0n) is 17.3. The van der Waals surface area contributed by atoms with Crippen molar-refractivity contribution in [3.63, 3.8) is 0 Å². The number of sulfonamides is 1. The van der Waals surface area contributed by atoms with Crippen LogP contribution in [0.4, 0.5) is 5.69 Å². The molecule has 1 N–H and O–H groups in total. The van der Waals surface area contributed by atoms with Gasteiger partial charge < -0.3 is 10.1 Å². The molecule has 7 nitrogen and oxygen atoms in total. The number of ether oxygens (including phenoxy) is 1. The van der Waals surface area contributed by atoms with Gasteiger partial charge >= 0.3 is 0 Å². The third-order valence-electron chi connectivity index (χ3n) is 4.61. The maximum Gasteiger partial charge on any atom is 0.243 e. The van der Waals surface area contributed by atoms with Gasteiger partial charge in [-0.05, 0) is 64.0 Å². The molecule has 1 aliphatic heterocycles. The third kappa shape index (κ3) is 6.27. The number of anilines is 1. The van der Waals surface area contributed by atoms with Gasteiger partial charge in [-0.3, -0.25) is 9.69 Å². The van der Waals surface area contributed by atoms with Crippen molar-refractivity contribution >= 4 is 21.6 Å². The van der Waals surface area contributed by atoms with Gasteiger partial charge in [0.15, 0.2) is 0 Å². The molecule has 1 aliphatic rings. The van der Waals surface area contributed by atoms with Gasteiger partial charge in [0.1, 0.15) is 0 Å². The minimum Gasteiger partial charge on any atom is -0.373 e. The van der Waals surface area contributed by atoms with E-state index in [2.05, 4.69) is 24.1 Å². The molecule has 2 atom stereocenters. The first-order valence-corrected chi connectivity index (χ1v) is 11.5. The summed E-state index contributed by atoms with van der Waals surface area (Å²) in [6, 6.07) is 6.38. The highest BCUT2D eigenvalue weighted by molar-refractivity contribution is 7.89. The van der Waals surface area contributed by atoms with E-state index in [1.807, 2.05) is 13.8 Å². The first-order valence-electron chi connectivity index (χ1n) is 10.0. The Bertz CT molecular complexity index is 720. The van der Waals surface area contributed by atoms with Gasteiger partial charge in [-0.25, -0.2) is 8.42 Å². The predicted octanol–water partition coefficient (Wildman–Crippen LogP) is 2.55. The molecule has 0 aliphatic carbocycles. The molecule has 1 saturated heterocycles. The van der Waals surface area contributed by atoms with Gasteiger partial charge in [0.25, 0.3) is 0 Å². The van der Waals surface area contributed by atoms with E-state index in [9.17, 15) is 13.2 Å². The topological polar surface area (TPSA) is 79.0 Å². The summed E-state index contributed by atoms with van der Waals surface area (Å²) in [5.41, 5.74) is 0.598. The third-order valence-corrected chi connectivity index (χ3v) is 6.45. The number of carbonyl (C=O) groups excluding carboxylic acids is 1. The van der Waals surface area contributed by atoms with Crippen LogP contribution in [-0.2, 0) is 19.6 Å². The SMILES string of the molecule is CCCN(CCC)CC(=O)Nc1ccc(S(=O)(=O)N2C[C@@H](C)O[C@@H](C)C2)cc1.